The van der Waals surface area contributed by atoms with Crippen LogP contribution in [0.4, 0.5) is 0 Å². The molecule has 11 N–H and O–H groups in total. The molecule has 5 saturated heterocycles. The molecule has 3 saturated carbocycles. The van der Waals surface area contributed by atoms with Crippen LogP contribution in [-0.4, -0.2) is 242 Å². The summed E-state index contributed by atoms with van der Waals surface area (Å²) in [6.45, 7) is 13.4. The second-order valence-electron chi connectivity index (χ2n) is 26.0. The van der Waals surface area contributed by atoms with Gasteiger partial charge in [-0.15, -0.1) is 0 Å². The van der Waals surface area contributed by atoms with E-state index in [4.69, 9.17) is 47.4 Å². The molecule has 9 aliphatic rings. The van der Waals surface area contributed by atoms with Crippen molar-refractivity contribution in [2.75, 3.05) is 26.9 Å². The number of ether oxygens (including phenoxy) is 10. The summed E-state index contributed by atoms with van der Waals surface area (Å²) in [4.78, 5) is 14.5. The molecule has 0 amide bonds. The van der Waals surface area contributed by atoms with Crippen molar-refractivity contribution in [1.82, 2.24) is 0 Å². The van der Waals surface area contributed by atoms with Gasteiger partial charge >= 0.3 is 35.5 Å². The number of fused-ring (bicyclic) bond motifs is 4. The zero-order chi connectivity index (χ0) is 59.5. The van der Waals surface area contributed by atoms with Crippen molar-refractivity contribution in [1.29, 1.82) is 0 Å². The molecule has 28 atom stereocenters. The van der Waals surface area contributed by atoms with Crippen molar-refractivity contribution in [3.05, 3.63) is 11.6 Å². The Balaban J connectivity index is 0.00000880. The van der Waals surface area contributed by atoms with Gasteiger partial charge in [0.15, 0.2) is 25.2 Å². The molecule has 5 aliphatic heterocycles. The monoisotopic (exact) mass is 1210 g/mol. The number of rotatable bonds is 17. The Morgan fingerprint density at radius 2 is 1.30 bits per heavy atom. The van der Waals surface area contributed by atoms with Crippen molar-refractivity contribution in [3.8, 4) is 0 Å². The van der Waals surface area contributed by atoms with E-state index in [1.807, 2.05) is 33.8 Å². The summed E-state index contributed by atoms with van der Waals surface area (Å²) in [6, 6.07) is 0. The largest absolute Gasteiger partial charge is 1.00 e. The second kappa shape index (κ2) is 24.6. The Hall–Kier alpha value is -0.720. The summed E-state index contributed by atoms with van der Waals surface area (Å²) < 4.78 is 99.7. The van der Waals surface area contributed by atoms with Crippen LogP contribution in [0, 0.1) is 39.4 Å². The van der Waals surface area contributed by atoms with E-state index in [9.17, 15) is 73.9 Å². The first kappa shape index (κ1) is 67.2. The molecule has 0 bridgehead atoms. The van der Waals surface area contributed by atoms with Crippen molar-refractivity contribution in [2.45, 2.75) is 253 Å². The quantitative estimate of drug-likeness (QED) is 0.0163. The predicted octanol–water partition coefficient (Wildman–Crippen LogP) is -4.73. The summed E-state index contributed by atoms with van der Waals surface area (Å²) in [5, 5.41) is 124. The smallest absolute Gasteiger partial charge is 0.726 e. The van der Waals surface area contributed by atoms with E-state index in [-0.39, 0.29) is 47.8 Å². The molecule has 466 valence electrons. The van der Waals surface area contributed by atoms with Gasteiger partial charge in [-0.25, -0.2) is 8.42 Å². The van der Waals surface area contributed by atoms with Crippen LogP contribution < -0.4 is 29.6 Å². The standard InChI is InChI=1S/C54H88O26S.Na/c1-23(2)11-10-15-52(8)53(66)18-17-51(7)25-12-13-30-49(4,5)32(14-16-50(30,6)26(25)19-31(57)54(51,53)48(65)79-52)75-47-43(35(60)29(22-71-47)80-81(67,68)69)78-44-37(62)36(61)40(24(3)72-44)76-46-39(64)42(34(59)28(21-56)74-46)77-45-38(63)41(70-9)33(58)27(20-55)73-45;/h19,23-25,27-47,55-64,66H,10-18,20-22H2,1-9H3,(H,67,68,69);/q;+1/p-1/t24-,25-,27-,28-,29-,30+,31+,32+,33-,34-,35+,36-,37-,38-,39-,40-,41+,42+,43-,44+,45+,46+,47+,50-,51+,52+,53+,54-;/m1./s1. The molecule has 0 aromatic carbocycles. The van der Waals surface area contributed by atoms with Crippen LogP contribution in [0.5, 0.6) is 0 Å². The van der Waals surface area contributed by atoms with Crippen LogP contribution >= 0.6 is 0 Å². The molecule has 0 aromatic heterocycles. The summed E-state index contributed by atoms with van der Waals surface area (Å²) in [6.07, 6.45) is -27.6. The maximum atomic E-state index is 14.5. The summed E-state index contributed by atoms with van der Waals surface area (Å²) in [7, 11) is -4.26. The Labute approximate surface area is 500 Å². The van der Waals surface area contributed by atoms with Gasteiger partial charge in [0, 0.05) is 7.11 Å². The maximum absolute atomic E-state index is 14.5. The number of carbonyl (C=O) groups is 1. The number of methoxy groups -OCH3 is 1. The number of esters is 1. The Kier molecular flexibility index (Phi) is 20.1. The number of carbonyl (C=O) groups excluding carboxylic acids is 1. The minimum Gasteiger partial charge on any atom is -0.726 e. The number of hydrogen-bond donors (Lipinski definition) is 11. The average molecular weight is 1210 g/mol. The molecule has 0 radical (unpaired) electrons. The minimum atomic E-state index is -5.44. The van der Waals surface area contributed by atoms with E-state index in [0.29, 0.717) is 44.4 Å². The van der Waals surface area contributed by atoms with Crippen molar-refractivity contribution in [2.24, 2.45) is 39.4 Å². The van der Waals surface area contributed by atoms with Crippen LogP contribution in [-0.2, 0) is 66.7 Å². The predicted molar refractivity (Wildman–Crippen MR) is 272 cm³/mol. The fourth-order valence-corrected chi connectivity index (χ4v) is 16.9. The normalized spacial score (nSPS) is 51.0. The van der Waals surface area contributed by atoms with Gasteiger partial charge in [0.1, 0.15) is 102 Å². The van der Waals surface area contributed by atoms with E-state index in [2.05, 4.69) is 25.0 Å². The van der Waals surface area contributed by atoms with Gasteiger partial charge in [0.05, 0.1) is 38.1 Å². The van der Waals surface area contributed by atoms with Crippen LogP contribution in [0.15, 0.2) is 11.6 Å². The van der Waals surface area contributed by atoms with Gasteiger partial charge in [0.2, 0.25) is 10.4 Å². The minimum absolute atomic E-state index is 0. The molecule has 28 heteroatoms. The summed E-state index contributed by atoms with van der Waals surface area (Å²) in [5.41, 5.74) is -5.47. The topological polar surface area (TPSA) is 398 Å². The average Bonchev–Trinajstić information content (AvgIpc) is 1.59. The molecule has 4 aliphatic carbocycles. The SMILES string of the molecule is CO[C@@H]1[C@@H](O)[C@H](O[C@@H]2[C@@H](O)[C@H](O[C@H]3[C@H](O)[C@@H](O)[C@H](O[C@H]4[C@H](O[C@H]5CC[C@]6(C)C7=C[C@H](O)[C@]89C(=O)O[C@@](C)(CCCC(C)C)[C@@]8(O)CC[C@@]9(C)[C@@H]7CC[C@H]6C5(C)C)OC[C@@H](OS(=O)(=O)[O-])[C@@H]4O)O[C@@H]3C)O[C@H](CO)[C@H]2O)O[C@H](CO)[C@H]1O.[Na+]. The molecule has 1 spiro atoms. The molecule has 0 aromatic rings. The van der Waals surface area contributed by atoms with Crippen LogP contribution in [0.2, 0.25) is 0 Å². The van der Waals surface area contributed by atoms with Crippen molar-refractivity contribution < 1.29 is 155 Å². The molecule has 26 nitrogen and oxygen atoms in total. The van der Waals surface area contributed by atoms with E-state index in [0.717, 1.165) is 18.4 Å². The number of aliphatic hydroxyl groups is 11. The summed E-state index contributed by atoms with van der Waals surface area (Å²) >= 11 is 0. The van der Waals surface area contributed by atoms with Crippen LogP contribution in [0.25, 0.3) is 0 Å². The first-order valence-corrected chi connectivity index (χ1v) is 29.8. The van der Waals surface area contributed by atoms with Crippen molar-refractivity contribution >= 4 is 16.4 Å². The first-order valence-electron chi connectivity index (χ1n) is 28.5. The number of allylic oxidation sites excluding steroid dienone is 1. The fraction of sp³-hybridized carbons (Fsp3) is 0.944. The summed E-state index contributed by atoms with van der Waals surface area (Å²) in [5.74, 6) is -0.449. The Morgan fingerprint density at radius 3 is 1.90 bits per heavy atom. The molecule has 82 heavy (non-hydrogen) atoms. The maximum Gasteiger partial charge on any atom is 1.00 e. The van der Waals surface area contributed by atoms with Gasteiger partial charge in [-0.2, -0.15) is 0 Å². The Morgan fingerprint density at radius 1 is 0.720 bits per heavy atom. The van der Waals surface area contributed by atoms with Gasteiger partial charge in [-0.05, 0) is 99.2 Å². The Bertz CT molecular complexity index is 2390. The van der Waals surface area contributed by atoms with Gasteiger partial charge in [0.25, 0.3) is 0 Å². The third kappa shape index (κ3) is 11.0. The fourth-order valence-electron chi connectivity index (χ4n) is 16.4. The molecular weight excluding hydrogens is 1120 g/mol. The first-order chi connectivity index (χ1) is 37.8. The third-order valence-electron chi connectivity index (χ3n) is 20.8. The molecule has 5 heterocycles. The van der Waals surface area contributed by atoms with E-state index in [1.54, 1.807) is 0 Å². The molecule has 8 fully saturated rings. The van der Waals surface area contributed by atoms with Gasteiger partial charge in [-0.3, -0.25) is 8.98 Å². The molecule has 9 rings (SSSR count). The van der Waals surface area contributed by atoms with Crippen LogP contribution in [0.1, 0.15) is 113 Å². The molecule has 0 unspecified atom stereocenters. The van der Waals surface area contributed by atoms with E-state index >= 15 is 0 Å². The number of aliphatic hydroxyl groups excluding tert-OH is 10. The van der Waals surface area contributed by atoms with Crippen LogP contribution in [0.3, 0.4) is 0 Å². The number of cyclic esters (lactones) is 1. The van der Waals surface area contributed by atoms with Crippen molar-refractivity contribution in [3.63, 3.8) is 0 Å². The van der Waals surface area contributed by atoms with Gasteiger partial charge in [-0.1, -0.05) is 59.6 Å². The van der Waals surface area contributed by atoms with E-state index in [1.165, 1.54) is 14.0 Å². The number of hydrogen-bond acceptors (Lipinski definition) is 26. The third-order valence-corrected chi connectivity index (χ3v) is 21.3. The second-order valence-corrected chi connectivity index (χ2v) is 27.0. The van der Waals surface area contributed by atoms with E-state index < -0.39 is 198 Å². The molecular formula is C54H87NaO26S. The van der Waals surface area contributed by atoms with Gasteiger partial charge < -0.3 is 108 Å². The zero-order valence-electron chi connectivity index (χ0n) is 48.4. The zero-order valence-corrected chi connectivity index (χ0v) is 51.2.